The van der Waals surface area contributed by atoms with Gasteiger partial charge in [-0.15, -0.1) is 0 Å². The monoisotopic (exact) mass is 398 g/mol. The lowest BCUT2D eigenvalue weighted by atomic mass is 10.1. The molecule has 0 spiro atoms. The third-order valence-electron chi connectivity index (χ3n) is 4.60. The van der Waals surface area contributed by atoms with Gasteiger partial charge < -0.3 is 14.4 Å². The summed E-state index contributed by atoms with van der Waals surface area (Å²) in [4.78, 5) is 15.6. The predicted molar refractivity (Wildman–Crippen MR) is 105 cm³/mol. The molecule has 1 aliphatic heterocycles. The molecule has 1 fully saturated rings. The van der Waals surface area contributed by atoms with Gasteiger partial charge in [-0.2, -0.15) is 0 Å². The summed E-state index contributed by atoms with van der Waals surface area (Å²) in [6, 6.07) is 7.74. The molecule has 0 bridgehead atoms. The summed E-state index contributed by atoms with van der Waals surface area (Å²) < 4.78 is 37.5. The van der Waals surface area contributed by atoms with Gasteiger partial charge in [0, 0.05) is 46.1 Å². The minimum atomic E-state index is -2.52. The molecule has 0 aliphatic carbocycles. The fraction of sp³-hybridized carbons (Fsp3) is 0.667. The van der Waals surface area contributed by atoms with Crippen LogP contribution >= 0.6 is 0 Å². The molecule has 0 radical (unpaired) electrons. The third kappa shape index (κ3) is 8.00. The number of hydrogen-bond donors (Lipinski definition) is 0. The molecule has 28 heavy (non-hydrogen) atoms. The molecule has 1 aromatic carbocycles. The molecule has 1 amide bonds. The van der Waals surface area contributed by atoms with E-state index in [1.54, 1.807) is 11.9 Å². The number of carbonyl (C=O) groups excluding carboxylic acids is 1. The van der Waals surface area contributed by atoms with Crippen molar-refractivity contribution in [1.29, 1.82) is 0 Å². The molecule has 1 aliphatic rings. The Hall–Kier alpha value is -1.89. The van der Waals surface area contributed by atoms with Gasteiger partial charge in [-0.3, -0.25) is 4.90 Å². The van der Waals surface area contributed by atoms with Crippen molar-refractivity contribution in [2.24, 2.45) is 0 Å². The van der Waals surface area contributed by atoms with E-state index in [9.17, 15) is 13.6 Å². The zero-order chi connectivity index (χ0) is 20.8. The van der Waals surface area contributed by atoms with Crippen molar-refractivity contribution >= 4 is 6.09 Å². The highest BCUT2D eigenvalue weighted by atomic mass is 19.3. The number of carbonyl (C=O) groups is 1. The lowest BCUT2D eigenvalue weighted by Gasteiger charge is -2.31. The Kier molecular flexibility index (Phi) is 7.63. The van der Waals surface area contributed by atoms with Crippen molar-refractivity contribution < 1.29 is 23.0 Å². The zero-order valence-electron chi connectivity index (χ0n) is 17.3. The van der Waals surface area contributed by atoms with Crippen molar-refractivity contribution in [3.8, 4) is 5.75 Å². The zero-order valence-corrected chi connectivity index (χ0v) is 17.3. The third-order valence-corrected chi connectivity index (χ3v) is 4.60. The van der Waals surface area contributed by atoms with E-state index >= 15 is 0 Å². The summed E-state index contributed by atoms with van der Waals surface area (Å²) in [7, 11) is 1.72. The standard InChI is InChI=1S/C21H32F2N2O3/c1-20(2,3)28-19(26)24(4)11-8-17-6-5-7-18(16-17)27-15-14-25-12-9-21(22,23)10-13-25/h5-7,16H,8-15H2,1-4H3. The molecule has 0 aromatic heterocycles. The molecule has 1 heterocycles. The maximum absolute atomic E-state index is 13.2. The smallest absolute Gasteiger partial charge is 0.410 e. The fourth-order valence-electron chi connectivity index (χ4n) is 2.92. The summed E-state index contributed by atoms with van der Waals surface area (Å²) in [5.41, 5.74) is 0.550. The van der Waals surface area contributed by atoms with E-state index in [1.807, 2.05) is 49.9 Å². The Morgan fingerprint density at radius 2 is 1.93 bits per heavy atom. The molecular formula is C21H32F2N2O3. The number of amides is 1. The Bertz CT molecular complexity index is 637. The Morgan fingerprint density at radius 3 is 2.57 bits per heavy atom. The van der Waals surface area contributed by atoms with Crippen molar-refractivity contribution in [1.82, 2.24) is 9.80 Å². The van der Waals surface area contributed by atoms with Gasteiger partial charge in [-0.05, 0) is 44.9 Å². The number of likely N-dealkylation sites (tertiary alicyclic amines) is 1. The molecular weight excluding hydrogens is 366 g/mol. The average molecular weight is 398 g/mol. The first-order chi connectivity index (χ1) is 13.0. The highest BCUT2D eigenvalue weighted by Gasteiger charge is 2.33. The SMILES string of the molecule is CN(CCc1cccc(OCCN2CCC(F)(F)CC2)c1)C(=O)OC(C)(C)C. The molecule has 158 valence electrons. The van der Waals surface area contributed by atoms with Crippen molar-refractivity contribution in [3.63, 3.8) is 0 Å². The van der Waals surface area contributed by atoms with Crippen LogP contribution < -0.4 is 4.74 Å². The number of halogens is 2. The van der Waals surface area contributed by atoms with E-state index in [0.717, 1.165) is 11.3 Å². The Labute approximate surface area is 166 Å². The lowest BCUT2D eigenvalue weighted by Crippen LogP contribution is -2.41. The molecule has 0 saturated carbocycles. The van der Waals surface area contributed by atoms with Gasteiger partial charge in [0.25, 0.3) is 5.92 Å². The summed E-state index contributed by atoms with van der Waals surface area (Å²) in [6.45, 7) is 7.99. The van der Waals surface area contributed by atoms with Crippen LogP contribution in [0.2, 0.25) is 0 Å². The van der Waals surface area contributed by atoms with Crippen LogP contribution in [-0.4, -0.2) is 67.3 Å². The number of nitrogens with zero attached hydrogens (tertiary/aromatic N) is 2. The number of piperidine rings is 1. The first-order valence-electron chi connectivity index (χ1n) is 9.80. The normalized spacial score (nSPS) is 17.2. The summed E-state index contributed by atoms with van der Waals surface area (Å²) in [5.74, 6) is -1.77. The van der Waals surface area contributed by atoms with Crippen LogP contribution in [0.4, 0.5) is 13.6 Å². The van der Waals surface area contributed by atoms with Gasteiger partial charge in [0.05, 0.1) is 0 Å². The van der Waals surface area contributed by atoms with Crippen LogP contribution in [0.15, 0.2) is 24.3 Å². The Balaban J connectivity index is 1.73. The highest BCUT2D eigenvalue weighted by Crippen LogP contribution is 2.27. The highest BCUT2D eigenvalue weighted by molar-refractivity contribution is 5.67. The van der Waals surface area contributed by atoms with Gasteiger partial charge in [0.15, 0.2) is 0 Å². The van der Waals surface area contributed by atoms with E-state index < -0.39 is 11.5 Å². The second-order valence-electron chi connectivity index (χ2n) is 8.35. The predicted octanol–water partition coefficient (Wildman–Crippen LogP) is 4.21. The number of benzene rings is 1. The lowest BCUT2D eigenvalue weighted by molar-refractivity contribution is -0.0564. The maximum Gasteiger partial charge on any atom is 0.410 e. The van der Waals surface area contributed by atoms with E-state index in [4.69, 9.17) is 9.47 Å². The van der Waals surface area contributed by atoms with Gasteiger partial charge in [-0.1, -0.05) is 12.1 Å². The first-order valence-corrected chi connectivity index (χ1v) is 9.80. The van der Waals surface area contributed by atoms with E-state index in [0.29, 0.717) is 39.2 Å². The summed E-state index contributed by atoms with van der Waals surface area (Å²) in [6.07, 6.45) is 0.196. The Morgan fingerprint density at radius 1 is 1.25 bits per heavy atom. The number of hydrogen-bond acceptors (Lipinski definition) is 4. The van der Waals surface area contributed by atoms with Gasteiger partial charge in [-0.25, -0.2) is 13.6 Å². The van der Waals surface area contributed by atoms with Crippen molar-refractivity contribution in [2.75, 3.05) is 39.8 Å². The van der Waals surface area contributed by atoms with Crippen LogP contribution in [0.25, 0.3) is 0 Å². The van der Waals surface area contributed by atoms with E-state index in [2.05, 4.69) is 0 Å². The van der Waals surface area contributed by atoms with Crippen LogP contribution in [0.3, 0.4) is 0 Å². The van der Waals surface area contributed by atoms with Crippen LogP contribution in [0.1, 0.15) is 39.2 Å². The number of alkyl halides is 2. The minimum Gasteiger partial charge on any atom is -0.492 e. The van der Waals surface area contributed by atoms with E-state index in [1.165, 1.54) is 0 Å². The number of likely N-dealkylation sites (N-methyl/N-ethyl adjacent to an activating group) is 1. The molecule has 1 saturated heterocycles. The largest absolute Gasteiger partial charge is 0.492 e. The van der Waals surface area contributed by atoms with Crippen molar-refractivity contribution in [3.05, 3.63) is 29.8 Å². The minimum absolute atomic E-state index is 0.0757. The van der Waals surface area contributed by atoms with Crippen LogP contribution in [-0.2, 0) is 11.2 Å². The molecule has 0 N–H and O–H groups in total. The second-order valence-corrected chi connectivity index (χ2v) is 8.35. The molecule has 0 unspecified atom stereocenters. The molecule has 2 rings (SSSR count). The number of rotatable bonds is 7. The second kappa shape index (κ2) is 9.54. The van der Waals surface area contributed by atoms with Crippen molar-refractivity contribution in [2.45, 2.75) is 51.6 Å². The number of ether oxygens (including phenoxy) is 2. The first kappa shape index (κ1) is 22.4. The van der Waals surface area contributed by atoms with Crippen LogP contribution in [0.5, 0.6) is 5.75 Å². The topological polar surface area (TPSA) is 42.0 Å². The maximum atomic E-state index is 13.2. The molecule has 1 aromatic rings. The molecule has 7 heteroatoms. The summed E-state index contributed by atoms with van der Waals surface area (Å²) in [5, 5.41) is 0. The molecule has 5 nitrogen and oxygen atoms in total. The average Bonchev–Trinajstić information content (AvgIpc) is 2.60. The van der Waals surface area contributed by atoms with Gasteiger partial charge >= 0.3 is 6.09 Å². The van der Waals surface area contributed by atoms with Gasteiger partial charge in [0.2, 0.25) is 0 Å². The fourth-order valence-corrected chi connectivity index (χ4v) is 2.92. The molecule has 0 atom stereocenters. The van der Waals surface area contributed by atoms with E-state index in [-0.39, 0.29) is 18.9 Å². The van der Waals surface area contributed by atoms with Crippen LogP contribution in [0, 0.1) is 0 Å². The summed E-state index contributed by atoms with van der Waals surface area (Å²) >= 11 is 0. The van der Waals surface area contributed by atoms with Gasteiger partial charge in [0.1, 0.15) is 18.0 Å². The quantitative estimate of drug-likeness (QED) is 0.690.